The fourth-order valence-electron chi connectivity index (χ4n) is 8.96. The zero-order valence-corrected chi connectivity index (χ0v) is 32.8. The minimum absolute atomic E-state index is 0.895. The van der Waals surface area contributed by atoms with Crippen LogP contribution in [0.1, 0.15) is 0 Å². The highest BCUT2D eigenvalue weighted by Gasteiger charge is 2.19. The number of benzene rings is 10. The Kier molecular flexibility index (Phi) is 7.75. The maximum atomic E-state index is 6.50. The van der Waals surface area contributed by atoms with E-state index in [4.69, 9.17) is 4.42 Å². The zero-order chi connectivity index (χ0) is 38.9. The second-order valence-electron chi connectivity index (χ2n) is 15.3. The highest BCUT2D eigenvalue weighted by atomic mass is 32.1. The van der Waals surface area contributed by atoms with Crippen LogP contribution in [0, 0.1) is 0 Å². The summed E-state index contributed by atoms with van der Waals surface area (Å²) in [6.07, 6.45) is 0. The van der Waals surface area contributed by atoms with E-state index in [1.54, 1.807) is 0 Å². The molecule has 0 spiro atoms. The van der Waals surface area contributed by atoms with E-state index in [0.29, 0.717) is 0 Å². The number of para-hydroxylation sites is 1. The molecule has 0 aliphatic heterocycles. The van der Waals surface area contributed by atoms with Crippen molar-refractivity contribution in [1.82, 2.24) is 0 Å². The molecule has 0 bridgehead atoms. The van der Waals surface area contributed by atoms with Crippen LogP contribution in [0.25, 0.3) is 97.0 Å². The van der Waals surface area contributed by atoms with E-state index in [9.17, 15) is 0 Å². The molecule has 59 heavy (non-hydrogen) atoms. The van der Waals surface area contributed by atoms with Crippen molar-refractivity contribution in [3.63, 3.8) is 0 Å². The molecule has 3 heteroatoms. The first kappa shape index (κ1) is 33.7. The molecule has 276 valence electrons. The molecule has 0 aliphatic carbocycles. The highest BCUT2D eigenvalue weighted by Crippen LogP contribution is 2.46. The molecule has 0 N–H and O–H groups in total. The van der Waals surface area contributed by atoms with Gasteiger partial charge in [0, 0.05) is 43.2 Å². The van der Waals surface area contributed by atoms with Crippen LogP contribution < -0.4 is 4.90 Å². The summed E-state index contributed by atoms with van der Waals surface area (Å²) >= 11 is 1.86. The smallest absolute Gasteiger partial charge is 0.143 e. The Morgan fingerprint density at radius 2 is 0.966 bits per heavy atom. The molecule has 2 aromatic heterocycles. The van der Waals surface area contributed by atoms with Gasteiger partial charge in [-0.05, 0) is 104 Å². The first-order valence-corrected chi connectivity index (χ1v) is 20.9. The molecule has 0 saturated carbocycles. The summed E-state index contributed by atoms with van der Waals surface area (Å²) in [5.74, 6) is 0. The van der Waals surface area contributed by atoms with Gasteiger partial charge in [-0.3, -0.25) is 0 Å². The Morgan fingerprint density at radius 3 is 1.78 bits per heavy atom. The van der Waals surface area contributed by atoms with Crippen LogP contribution in [0.3, 0.4) is 0 Å². The lowest BCUT2D eigenvalue weighted by atomic mass is 9.97. The maximum absolute atomic E-state index is 6.50. The van der Waals surface area contributed by atoms with E-state index >= 15 is 0 Å². The van der Waals surface area contributed by atoms with Gasteiger partial charge in [0.2, 0.25) is 0 Å². The molecule has 0 radical (unpaired) electrons. The highest BCUT2D eigenvalue weighted by molar-refractivity contribution is 7.26. The van der Waals surface area contributed by atoms with E-state index in [2.05, 4.69) is 211 Å². The average molecular weight is 770 g/mol. The lowest BCUT2D eigenvalue weighted by molar-refractivity contribution is 0.670. The lowest BCUT2D eigenvalue weighted by Crippen LogP contribution is -2.10. The number of anilines is 3. The predicted octanol–water partition coefficient (Wildman–Crippen LogP) is 16.7. The normalized spacial score (nSPS) is 11.7. The summed E-state index contributed by atoms with van der Waals surface area (Å²) in [4.78, 5) is 2.41. The number of rotatable bonds is 6. The molecule has 2 nitrogen and oxygen atoms in total. The van der Waals surface area contributed by atoms with Crippen LogP contribution in [-0.4, -0.2) is 0 Å². The van der Waals surface area contributed by atoms with Crippen LogP contribution in [0.15, 0.2) is 217 Å². The van der Waals surface area contributed by atoms with Crippen molar-refractivity contribution < 1.29 is 4.42 Å². The summed E-state index contributed by atoms with van der Waals surface area (Å²) in [7, 11) is 0. The van der Waals surface area contributed by atoms with Gasteiger partial charge in [0.15, 0.2) is 0 Å². The molecule has 0 unspecified atom stereocenters. The molecule has 12 aromatic rings. The molecule has 12 rings (SSSR count). The Bertz CT molecular complexity index is 3540. The average Bonchev–Trinajstić information content (AvgIpc) is 3.88. The van der Waals surface area contributed by atoms with E-state index in [1.807, 2.05) is 17.4 Å². The summed E-state index contributed by atoms with van der Waals surface area (Å²) in [5.41, 5.74) is 12.2. The molecule has 2 heterocycles. The SMILES string of the molecule is c1ccc(-c2cccc3c2oc2ccc(-c4ccc(N(c5ccc(-c6ccc7c(ccc8ccccc87)c6)cc5)c5cccc6c5sc5ccccc56)cc4)cc23)cc1. The van der Waals surface area contributed by atoms with Gasteiger partial charge in [-0.15, -0.1) is 11.3 Å². The van der Waals surface area contributed by atoms with E-state index < -0.39 is 0 Å². The monoisotopic (exact) mass is 769 g/mol. The van der Waals surface area contributed by atoms with E-state index in [-0.39, 0.29) is 0 Å². The Labute approximate surface area is 345 Å². The van der Waals surface area contributed by atoms with Crippen LogP contribution in [0.4, 0.5) is 17.1 Å². The Balaban J connectivity index is 0.946. The molecule has 0 atom stereocenters. The van der Waals surface area contributed by atoms with Gasteiger partial charge in [0.25, 0.3) is 0 Å². The van der Waals surface area contributed by atoms with E-state index in [0.717, 1.165) is 55.6 Å². The summed E-state index contributed by atoms with van der Waals surface area (Å²) in [6, 6.07) is 76.9. The first-order valence-electron chi connectivity index (χ1n) is 20.1. The van der Waals surface area contributed by atoms with Crippen LogP contribution >= 0.6 is 11.3 Å². The molecule has 10 aromatic carbocycles. The molecular weight excluding hydrogens is 735 g/mol. The molecular formula is C56H35NOS. The van der Waals surface area contributed by atoms with Crippen molar-refractivity contribution in [1.29, 1.82) is 0 Å². The molecule has 0 aliphatic rings. The largest absolute Gasteiger partial charge is 0.455 e. The maximum Gasteiger partial charge on any atom is 0.143 e. The molecule has 0 saturated heterocycles. The second kappa shape index (κ2) is 13.6. The van der Waals surface area contributed by atoms with Crippen molar-refractivity contribution in [2.24, 2.45) is 0 Å². The van der Waals surface area contributed by atoms with Crippen molar-refractivity contribution in [2.75, 3.05) is 4.90 Å². The third-order valence-electron chi connectivity index (χ3n) is 11.9. The van der Waals surface area contributed by atoms with Crippen LogP contribution in [0.5, 0.6) is 0 Å². The molecule has 0 amide bonds. The third kappa shape index (κ3) is 5.62. The quantitative estimate of drug-likeness (QED) is 0.157. The third-order valence-corrected chi connectivity index (χ3v) is 13.1. The number of hydrogen-bond donors (Lipinski definition) is 0. The summed E-state index contributed by atoms with van der Waals surface area (Å²) in [6.45, 7) is 0. The minimum atomic E-state index is 0.895. The molecule has 0 fully saturated rings. The van der Waals surface area contributed by atoms with Crippen molar-refractivity contribution >= 4 is 92.1 Å². The number of nitrogens with zero attached hydrogens (tertiary/aromatic N) is 1. The second-order valence-corrected chi connectivity index (χ2v) is 16.3. The summed E-state index contributed by atoms with van der Waals surface area (Å²) in [5, 5.41) is 9.91. The minimum Gasteiger partial charge on any atom is -0.455 e. The van der Waals surface area contributed by atoms with Gasteiger partial charge < -0.3 is 9.32 Å². The Hall–Kier alpha value is -7.46. The fourth-order valence-corrected chi connectivity index (χ4v) is 10.2. The predicted molar refractivity (Wildman–Crippen MR) is 253 cm³/mol. The van der Waals surface area contributed by atoms with Crippen molar-refractivity contribution in [3.05, 3.63) is 212 Å². The number of furan rings is 1. The van der Waals surface area contributed by atoms with Gasteiger partial charge in [-0.1, -0.05) is 158 Å². The van der Waals surface area contributed by atoms with Crippen molar-refractivity contribution in [3.8, 4) is 33.4 Å². The fraction of sp³-hybridized carbons (Fsp3) is 0. The Morgan fingerprint density at radius 1 is 0.356 bits per heavy atom. The standard InChI is InChI=1S/C56H35NOS/c1-2-10-38(11-3-1)47-15-8-16-49-51-35-41(27-33-53(51)58-55(47)49)37-24-30-44(31-25-37)57(52-18-9-17-50-48-14-6-7-19-54(48)59-56(50)52)43-28-22-36(23-29-43)40-26-32-46-42(34-40)21-20-39-12-4-5-13-45(39)46/h1-35H. The van der Waals surface area contributed by atoms with Crippen LogP contribution in [-0.2, 0) is 0 Å². The zero-order valence-electron chi connectivity index (χ0n) is 32.0. The van der Waals surface area contributed by atoms with Crippen LogP contribution in [0.2, 0.25) is 0 Å². The van der Waals surface area contributed by atoms with E-state index in [1.165, 1.54) is 58.5 Å². The van der Waals surface area contributed by atoms with Gasteiger partial charge in [0.1, 0.15) is 11.2 Å². The number of thiophene rings is 1. The van der Waals surface area contributed by atoms with Gasteiger partial charge in [0.05, 0.1) is 10.4 Å². The number of fused-ring (bicyclic) bond motifs is 9. The first-order chi connectivity index (χ1) is 29.2. The lowest BCUT2D eigenvalue weighted by Gasteiger charge is -2.26. The van der Waals surface area contributed by atoms with Gasteiger partial charge >= 0.3 is 0 Å². The summed E-state index contributed by atoms with van der Waals surface area (Å²) < 4.78 is 9.07. The number of hydrogen-bond acceptors (Lipinski definition) is 3. The topological polar surface area (TPSA) is 16.4 Å². The van der Waals surface area contributed by atoms with Gasteiger partial charge in [-0.2, -0.15) is 0 Å². The van der Waals surface area contributed by atoms with Crippen molar-refractivity contribution in [2.45, 2.75) is 0 Å². The van der Waals surface area contributed by atoms with Gasteiger partial charge in [-0.25, -0.2) is 0 Å².